The highest BCUT2D eigenvalue weighted by molar-refractivity contribution is 7.98. The van der Waals surface area contributed by atoms with Crippen LogP contribution in [0, 0.1) is 0 Å². The SMILES string of the molecule is CSc1cccc(C2=CCN(C(=O)Nc3ccc(N4CCC(N(C)C)C4)cc3)CC2)c1. The van der Waals surface area contributed by atoms with Crippen molar-refractivity contribution in [2.24, 2.45) is 0 Å². The van der Waals surface area contributed by atoms with Crippen LogP contribution in [0.4, 0.5) is 16.2 Å². The molecule has 0 radical (unpaired) electrons. The summed E-state index contributed by atoms with van der Waals surface area (Å²) >= 11 is 1.76. The number of carbonyl (C=O) groups is 1. The van der Waals surface area contributed by atoms with Crippen molar-refractivity contribution in [3.63, 3.8) is 0 Å². The molecule has 2 aliphatic heterocycles. The minimum absolute atomic E-state index is 0.0326. The first-order chi connectivity index (χ1) is 15.0. The van der Waals surface area contributed by atoms with Gasteiger partial charge in [0.05, 0.1) is 0 Å². The molecule has 0 aliphatic carbocycles. The topological polar surface area (TPSA) is 38.8 Å². The fourth-order valence-corrected chi connectivity index (χ4v) is 4.75. The normalized spacial score (nSPS) is 19.0. The number of hydrogen-bond donors (Lipinski definition) is 1. The number of amides is 2. The summed E-state index contributed by atoms with van der Waals surface area (Å²) in [6.07, 6.45) is 6.35. The van der Waals surface area contributed by atoms with Gasteiger partial charge in [-0.25, -0.2) is 4.79 Å². The summed E-state index contributed by atoms with van der Waals surface area (Å²) in [5, 5.41) is 3.06. The van der Waals surface area contributed by atoms with Crippen molar-refractivity contribution < 1.29 is 4.79 Å². The molecule has 2 aromatic rings. The number of urea groups is 1. The molecular weight excluding hydrogens is 404 g/mol. The molecule has 164 valence electrons. The predicted molar refractivity (Wildman–Crippen MR) is 132 cm³/mol. The third-order valence-electron chi connectivity index (χ3n) is 6.31. The van der Waals surface area contributed by atoms with E-state index in [1.54, 1.807) is 11.8 Å². The van der Waals surface area contributed by atoms with Gasteiger partial charge in [0.25, 0.3) is 0 Å². The summed E-state index contributed by atoms with van der Waals surface area (Å²) in [6, 6.07) is 17.4. The van der Waals surface area contributed by atoms with Crippen LogP contribution < -0.4 is 10.2 Å². The molecule has 5 nitrogen and oxygen atoms in total. The highest BCUT2D eigenvalue weighted by Crippen LogP contribution is 2.27. The van der Waals surface area contributed by atoms with E-state index in [1.807, 2.05) is 17.0 Å². The van der Waals surface area contributed by atoms with Gasteiger partial charge in [-0.15, -0.1) is 11.8 Å². The monoisotopic (exact) mass is 436 g/mol. The molecule has 1 fully saturated rings. The molecule has 2 amide bonds. The van der Waals surface area contributed by atoms with Gasteiger partial charge in [-0.3, -0.25) is 0 Å². The molecule has 1 atom stereocenters. The minimum atomic E-state index is -0.0326. The summed E-state index contributed by atoms with van der Waals surface area (Å²) in [4.78, 5) is 20.6. The lowest BCUT2D eigenvalue weighted by atomic mass is 10.00. The van der Waals surface area contributed by atoms with Crippen LogP contribution in [0.2, 0.25) is 0 Å². The summed E-state index contributed by atoms with van der Waals surface area (Å²) in [7, 11) is 4.29. The molecule has 1 unspecified atom stereocenters. The Bertz CT molecular complexity index is 941. The van der Waals surface area contributed by atoms with Gasteiger partial charge in [0.1, 0.15) is 0 Å². The first-order valence-electron chi connectivity index (χ1n) is 10.9. The summed E-state index contributed by atoms with van der Waals surface area (Å²) in [5.41, 5.74) is 4.66. The first-order valence-corrected chi connectivity index (χ1v) is 12.2. The summed E-state index contributed by atoms with van der Waals surface area (Å²) < 4.78 is 0. The lowest BCUT2D eigenvalue weighted by molar-refractivity contribution is 0.217. The highest BCUT2D eigenvalue weighted by atomic mass is 32.2. The molecule has 1 saturated heterocycles. The maximum Gasteiger partial charge on any atom is 0.322 e. The summed E-state index contributed by atoms with van der Waals surface area (Å²) in [5.74, 6) is 0. The molecule has 0 saturated carbocycles. The van der Waals surface area contributed by atoms with E-state index < -0.39 is 0 Å². The van der Waals surface area contributed by atoms with Crippen LogP contribution in [0.15, 0.2) is 59.5 Å². The Labute approximate surface area is 190 Å². The standard InChI is InChI=1S/C25H32N4OS/c1-27(2)23-13-16-29(18-23)22-9-7-21(8-10-22)26-25(30)28-14-11-19(12-15-28)20-5-4-6-24(17-20)31-3/h4-11,17,23H,12-16,18H2,1-3H3,(H,26,30). The number of nitrogens with zero attached hydrogens (tertiary/aromatic N) is 3. The van der Waals surface area contributed by atoms with E-state index in [1.165, 1.54) is 28.1 Å². The lowest BCUT2D eigenvalue weighted by Crippen LogP contribution is -2.37. The smallest absolute Gasteiger partial charge is 0.322 e. The Morgan fingerprint density at radius 2 is 1.94 bits per heavy atom. The number of likely N-dealkylation sites (N-methyl/N-ethyl adjacent to an activating group) is 1. The van der Waals surface area contributed by atoms with Crippen LogP contribution in [0.1, 0.15) is 18.4 Å². The molecule has 2 aromatic carbocycles. The van der Waals surface area contributed by atoms with Crippen LogP contribution in [0.3, 0.4) is 0 Å². The fraction of sp³-hybridized carbons (Fsp3) is 0.400. The van der Waals surface area contributed by atoms with Gasteiger partial charge >= 0.3 is 6.03 Å². The van der Waals surface area contributed by atoms with Crippen molar-refractivity contribution in [3.05, 3.63) is 60.2 Å². The van der Waals surface area contributed by atoms with Gasteiger partial charge in [-0.1, -0.05) is 18.2 Å². The zero-order valence-corrected chi connectivity index (χ0v) is 19.5. The number of nitrogens with one attached hydrogen (secondary N) is 1. The third kappa shape index (κ3) is 5.25. The molecule has 0 aromatic heterocycles. The van der Waals surface area contributed by atoms with E-state index in [4.69, 9.17) is 0 Å². The zero-order chi connectivity index (χ0) is 21.8. The van der Waals surface area contributed by atoms with E-state index in [0.717, 1.165) is 31.7 Å². The van der Waals surface area contributed by atoms with Crippen molar-refractivity contribution in [3.8, 4) is 0 Å². The number of rotatable bonds is 5. The Morgan fingerprint density at radius 1 is 1.13 bits per heavy atom. The van der Waals surface area contributed by atoms with Crippen molar-refractivity contribution in [1.29, 1.82) is 0 Å². The number of carbonyl (C=O) groups excluding carboxylic acids is 1. The van der Waals surface area contributed by atoms with Gasteiger partial charge in [0.15, 0.2) is 0 Å². The number of thioether (sulfide) groups is 1. The molecule has 0 spiro atoms. The van der Waals surface area contributed by atoms with Crippen molar-refractivity contribution in [2.45, 2.75) is 23.8 Å². The second kappa shape index (κ2) is 9.79. The average molecular weight is 437 g/mol. The van der Waals surface area contributed by atoms with Gasteiger partial charge in [-0.2, -0.15) is 0 Å². The maximum absolute atomic E-state index is 12.7. The zero-order valence-electron chi connectivity index (χ0n) is 18.7. The van der Waals surface area contributed by atoms with Crippen molar-refractivity contribution >= 4 is 34.7 Å². The van der Waals surface area contributed by atoms with E-state index in [9.17, 15) is 4.79 Å². The van der Waals surface area contributed by atoms with Gasteiger partial charge in [0, 0.05) is 48.5 Å². The van der Waals surface area contributed by atoms with Crippen LogP contribution in [-0.2, 0) is 0 Å². The molecule has 6 heteroatoms. The van der Waals surface area contributed by atoms with Crippen molar-refractivity contribution in [2.75, 3.05) is 56.7 Å². The van der Waals surface area contributed by atoms with E-state index >= 15 is 0 Å². The average Bonchev–Trinajstić information content (AvgIpc) is 3.30. The second-order valence-corrected chi connectivity index (χ2v) is 9.37. The van der Waals surface area contributed by atoms with Gasteiger partial charge in [0.2, 0.25) is 0 Å². The van der Waals surface area contributed by atoms with Crippen LogP contribution in [0.25, 0.3) is 5.57 Å². The van der Waals surface area contributed by atoms with E-state index in [-0.39, 0.29) is 6.03 Å². The number of hydrogen-bond acceptors (Lipinski definition) is 4. The lowest BCUT2D eigenvalue weighted by Gasteiger charge is -2.27. The molecule has 2 heterocycles. The maximum atomic E-state index is 12.7. The van der Waals surface area contributed by atoms with Crippen molar-refractivity contribution in [1.82, 2.24) is 9.80 Å². The Kier molecular flexibility index (Phi) is 6.88. The molecule has 4 rings (SSSR count). The highest BCUT2D eigenvalue weighted by Gasteiger charge is 2.24. The molecule has 0 bridgehead atoms. The summed E-state index contributed by atoms with van der Waals surface area (Å²) in [6.45, 7) is 3.51. The second-order valence-electron chi connectivity index (χ2n) is 8.49. The molecular formula is C25H32N4OS. The predicted octanol–water partition coefficient (Wildman–Crippen LogP) is 4.87. The fourth-order valence-electron chi connectivity index (χ4n) is 4.29. The molecule has 31 heavy (non-hydrogen) atoms. The van der Waals surface area contributed by atoms with Gasteiger partial charge < -0.3 is 20.0 Å². The minimum Gasteiger partial charge on any atom is -0.370 e. The van der Waals surface area contributed by atoms with Gasteiger partial charge in [-0.05, 0) is 80.7 Å². The number of anilines is 2. The molecule has 1 N–H and O–H groups in total. The number of benzene rings is 2. The van der Waals surface area contributed by atoms with Crippen LogP contribution >= 0.6 is 11.8 Å². The van der Waals surface area contributed by atoms with E-state index in [0.29, 0.717) is 12.6 Å². The quantitative estimate of drug-likeness (QED) is 0.679. The first kappa shape index (κ1) is 21.8. The van der Waals surface area contributed by atoms with Crippen LogP contribution in [0.5, 0.6) is 0 Å². The Hall–Kier alpha value is -2.44. The Balaban J connectivity index is 1.32. The third-order valence-corrected chi connectivity index (χ3v) is 7.04. The molecule has 2 aliphatic rings. The Morgan fingerprint density at radius 3 is 2.58 bits per heavy atom. The largest absolute Gasteiger partial charge is 0.370 e. The van der Waals surface area contributed by atoms with E-state index in [2.05, 4.69) is 77.9 Å². The van der Waals surface area contributed by atoms with Crippen LogP contribution in [-0.4, -0.2) is 68.4 Å².